The molecule has 0 amide bonds. The molecule has 6 heteroatoms. The predicted octanol–water partition coefficient (Wildman–Crippen LogP) is 0.502. The molecule has 1 unspecified atom stereocenters. The number of nitrogens with one attached hydrogen (secondary N) is 1. The van der Waals surface area contributed by atoms with Crippen LogP contribution < -0.4 is 10.6 Å². The van der Waals surface area contributed by atoms with E-state index in [9.17, 15) is 5.11 Å². The van der Waals surface area contributed by atoms with Crippen molar-refractivity contribution in [3.05, 3.63) is 18.1 Å². The van der Waals surface area contributed by atoms with Crippen molar-refractivity contribution in [1.29, 1.82) is 5.41 Å². The molecule has 1 saturated heterocycles. The van der Waals surface area contributed by atoms with E-state index in [1.807, 2.05) is 6.92 Å². The molecule has 0 aromatic carbocycles. The van der Waals surface area contributed by atoms with Gasteiger partial charge in [0.2, 0.25) is 0 Å². The van der Waals surface area contributed by atoms with Gasteiger partial charge in [0.05, 0.1) is 18.0 Å². The van der Waals surface area contributed by atoms with Gasteiger partial charge in [0.15, 0.2) is 0 Å². The second-order valence-corrected chi connectivity index (χ2v) is 5.01. The first-order valence-corrected chi connectivity index (χ1v) is 6.12. The van der Waals surface area contributed by atoms with Crippen molar-refractivity contribution in [2.24, 2.45) is 5.73 Å². The lowest BCUT2D eigenvalue weighted by atomic mass is 9.98. The van der Waals surface area contributed by atoms with Crippen molar-refractivity contribution in [3.63, 3.8) is 0 Å². The highest BCUT2D eigenvalue weighted by molar-refractivity contribution is 5.92. The van der Waals surface area contributed by atoms with Gasteiger partial charge in [-0.25, -0.2) is 9.97 Å². The van der Waals surface area contributed by atoms with Crippen LogP contribution in [0.25, 0.3) is 0 Å². The van der Waals surface area contributed by atoms with E-state index in [-0.39, 0.29) is 5.84 Å². The molecule has 1 atom stereocenters. The second kappa shape index (κ2) is 4.89. The zero-order valence-electron chi connectivity index (χ0n) is 10.6. The van der Waals surface area contributed by atoms with Crippen LogP contribution in [-0.4, -0.2) is 39.6 Å². The highest BCUT2D eigenvalue weighted by Gasteiger charge is 2.25. The molecule has 2 heterocycles. The van der Waals surface area contributed by atoms with Crippen molar-refractivity contribution in [2.75, 3.05) is 18.0 Å². The Bertz CT molecular complexity index is 429. The number of nitrogens with zero attached hydrogens (tertiary/aromatic N) is 3. The van der Waals surface area contributed by atoms with Crippen molar-refractivity contribution in [1.82, 2.24) is 9.97 Å². The molecule has 1 aromatic rings. The lowest BCUT2D eigenvalue weighted by molar-refractivity contribution is 0.0481. The molecule has 1 fully saturated rings. The summed E-state index contributed by atoms with van der Waals surface area (Å²) >= 11 is 0. The summed E-state index contributed by atoms with van der Waals surface area (Å²) in [6.07, 6.45) is 5.62. The molecular weight excluding hydrogens is 230 g/mol. The summed E-state index contributed by atoms with van der Waals surface area (Å²) in [6, 6.07) is 0. The number of hydrogen-bond acceptors (Lipinski definition) is 5. The van der Waals surface area contributed by atoms with Gasteiger partial charge in [0.1, 0.15) is 17.3 Å². The van der Waals surface area contributed by atoms with Crippen LogP contribution in [-0.2, 0) is 0 Å². The summed E-state index contributed by atoms with van der Waals surface area (Å²) in [7, 11) is 0. The van der Waals surface area contributed by atoms with Gasteiger partial charge < -0.3 is 15.7 Å². The highest BCUT2D eigenvalue weighted by atomic mass is 16.3. The maximum Gasteiger partial charge on any atom is 0.147 e. The van der Waals surface area contributed by atoms with Crippen LogP contribution in [0.1, 0.15) is 31.9 Å². The van der Waals surface area contributed by atoms with E-state index in [4.69, 9.17) is 11.1 Å². The number of aromatic nitrogens is 2. The molecule has 1 aliphatic heterocycles. The summed E-state index contributed by atoms with van der Waals surface area (Å²) in [4.78, 5) is 10.5. The van der Waals surface area contributed by atoms with Crippen LogP contribution in [0.15, 0.2) is 12.4 Å². The third-order valence-electron chi connectivity index (χ3n) is 3.30. The molecule has 6 nitrogen and oxygen atoms in total. The number of anilines is 1. The molecule has 2 rings (SSSR count). The maximum atomic E-state index is 10.0. The van der Waals surface area contributed by atoms with Crippen molar-refractivity contribution < 1.29 is 5.11 Å². The van der Waals surface area contributed by atoms with Gasteiger partial charge in [0.25, 0.3) is 0 Å². The minimum Gasteiger partial charge on any atom is -0.390 e. The van der Waals surface area contributed by atoms with Gasteiger partial charge in [-0.1, -0.05) is 0 Å². The van der Waals surface area contributed by atoms with E-state index in [0.29, 0.717) is 5.69 Å². The fourth-order valence-electron chi connectivity index (χ4n) is 2.12. The van der Waals surface area contributed by atoms with E-state index in [1.54, 1.807) is 6.20 Å². The van der Waals surface area contributed by atoms with E-state index in [1.165, 1.54) is 6.20 Å². The van der Waals surface area contributed by atoms with Crippen LogP contribution in [0.3, 0.4) is 0 Å². The largest absolute Gasteiger partial charge is 0.390 e. The average molecular weight is 249 g/mol. The van der Waals surface area contributed by atoms with Gasteiger partial charge >= 0.3 is 0 Å². The molecule has 4 N–H and O–H groups in total. The minimum atomic E-state index is -0.582. The molecule has 0 aliphatic carbocycles. The third kappa shape index (κ3) is 2.95. The summed E-state index contributed by atoms with van der Waals surface area (Å²) in [5.74, 6) is 0.700. The zero-order chi connectivity index (χ0) is 13.2. The van der Waals surface area contributed by atoms with E-state index < -0.39 is 5.60 Å². The number of rotatable bonds is 2. The fourth-order valence-corrected chi connectivity index (χ4v) is 2.12. The number of nitrogens with two attached hydrogens (primary N) is 1. The Kier molecular flexibility index (Phi) is 3.47. The quantitative estimate of drug-likeness (QED) is 0.523. The van der Waals surface area contributed by atoms with Crippen molar-refractivity contribution in [2.45, 2.75) is 31.8 Å². The molecule has 0 radical (unpaired) electrons. The molecule has 0 spiro atoms. The molecule has 0 bridgehead atoms. The maximum absolute atomic E-state index is 10.0. The van der Waals surface area contributed by atoms with Gasteiger partial charge in [-0.2, -0.15) is 0 Å². The van der Waals surface area contributed by atoms with E-state index in [2.05, 4.69) is 14.9 Å². The first-order chi connectivity index (χ1) is 8.48. The first kappa shape index (κ1) is 12.8. The SMILES string of the molecule is CC1(O)CCCN(c2cnc(C(=N)N)cn2)CC1. The first-order valence-electron chi connectivity index (χ1n) is 6.12. The van der Waals surface area contributed by atoms with Gasteiger partial charge in [-0.15, -0.1) is 0 Å². The Labute approximate surface area is 106 Å². The van der Waals surface area contributed by atoms with Gasteiger partial charge in [0, 0.05) is 13.1 Å². The Morgan fingerprint density at radius 2 is 2.17 bits per heavy atom. The molecular formula is C12H19N5O. The zero-order valence-corrected chi connectivity index (χ0v) is 10.6. The Morgan fingerprint density at radius 1 is 1.39 bits per heavy atom. The Morgan fingerprint density at radius 3 is 2.78 bits per heavy atom. The topological polar surface area (TPSA) is 99.1 Å². The van der Waals surface area contributed by atoms with E-state index in [0.717, 1.165) is 38.2 Å². The number of aliphatic hydroxyl groups is 1. The van der Waals surface area contributed by atoms with Crippen LogP contribution in [0.5, 0.6) is 0 Å². The summed E-state index contributed by atoms with van der Waals surface area (Å²) in [5.41, 5.74) is 5.14. The number of amidine groups is 1. The number of hydrogen-bond donors (Lipinski definition) is 3. The Hall–Kier alpha value is -1.69. The Balaban J connectivity index is 2.09. The fraction of sp³-hybridized carbons (Fsp3) is 0.583. The van der Waals surface area contributed by atoms with Crippen LogP contribution in [0, 0.1) is 5.41 Å². The van der Waals surface area contributed by atoms with Gasteiger partial charge in [-0.3, -0.25) is 5.41 Å². The number of nitrogen functional groups attached to an aromatic ring is 1. The molecule has 0 saturated carbocycles. The summed E-state index contributed by atoms with van der Waals surface area (Å²) < 4.78 is 0. The lowest BCUT2D eigenvalue weighted by Gasteiger charge is -2.23. The summed E-state index contributed by atoms with van der Waals surface area (Å²) in [6.45, 7) is 3.51. The normalized spacial score (nSPS) is 24.7. The standard InChI is InChI=1S/C12H19N5O/c1-12(18)3-2-5-17(6-4-12)10-8-15-9(7-16-10)11(13)14/h7-8,18H,2-6H2,1H3,(H3,13,14). The van der Waals surface area contributed by atoms with Crippen molar-refractivity contribution in [3.8, 4) is 0 Å². The minimum absolute atomic E-state index is 0.0761. The monoisotopic (exact) mass is 249 g/mol. The van der Waals surface area contributed by atoms with Crippen molar-refractivity contribution >= 4 is 11.7 Å². The van der Waals surface area contributed by atoms with E-state index >= 15 is 0 Å². The van der Waals surface area contributed by atoms with Crippen LogP contribution >= 0.6 is 0 Å². The summed E-state index contributed by atoms with van der Waals surface area (Å²) in [5, 5.41) is 17.3. The average Bonchev–Trinajstić information content (AvgIpc) is 2.50. The highest BCUT2D eigenvalue weighted by Crippen LogP contribution is 2.23. The van der Waals surface area contributed by atoms with Gasteiger partial charge in [-0.05, 0) is 26.2 Å². The third-order valence-corrected chi connectivity index (χ3v) is 3.30. The second-order valence-electron chi connectivity index (χ2n) is 5.01. The lowest BCUT2D eigenvalue weighted by Crippen LogP contribution is -2.29. The molecule has 18 heavy (non-hydrogen) atoms. The predicted molar refractivity (Wildman–Crippen MR) is 69.7 cm³/mol. The smallest absolute Gasteiger partial charge is 0.147 e. The molecule has 98 valence electrons. The molecule has 1 aromatic heterocycles. The van der Waals surface area contributed by atoms with Crippen LogP contribution in [0.4, 0.5) is 5.82 Å². The van der Waals surface area contributed by atoms with Crippen LogP contribution in [0.2, 0.25) is 0 Å². The molecule has 1 aliphatic rings.